The average molecular weight is 441 g/mol. The smallest absolute Gasteiger partial charge is 0.0485 e. The van der Waals surface area contributed by atoms with Gasteiger partial charge < -0.3 is 10.2 Å². The summed E-state index contributed by atoms with van der Waals surface area (Å²) in [6.45, 7) is 5.55. The van der Waals surface area contributed by atoms with E-state index in [0.717, 1.165) is 38.2 Å². The fourth-order valence-corrected chi connectivity index (χ4v) is 5.98. The summed E-state index contributed by atoms with van der Waals surface area (Å²) in [5.74, 6) is 1.05. The molecule has 32 heavy (non-hydrogen) atoms. The van der Waals surface area contributed by atoms with Crippen molar-refractivity contribution >= 4 is 39.5 Å². The Balaban J connectivity index is 1.38. The quantitative estimate of drug-likeness (QED) is 0.446. The van der Waals surface area contributed by atoms with Gasteiger partial charge in [-0.1, -0.05) is 79.6 Å². The van der Waals surface area contributed by atoms with E-state index in [1.54, 1.807) is 0 Å². The Labute approximate surface area is 196 Å². The minimum absolute atomic E-state index is 0.988. The number of hydrogen-bond donors (Lipinski definition) is 1. The van der Waals surface area contributed by atoms with Gasteiger partial charge in [0, 0.05) is 47.2 Å². The van der Waals surface area contributed by atoms with Crippen LogP contribution >= 0.6 is 11.8 Å². The van der Waals surface area contributed by atoms with Gasteiger partial charge in [0.25, 0.3) is 0 Å². The van der Waals surface area contributed by atoms with Crippen LogP contribution in [0.1, 0.15) is 38.2 Å². The molecular formula is C29H32N2S. The van der Waals surface area contributed by atoms with Gasteiger partial charge in [0.1, 0.15) is 0 Å². The van der Waals surface area contributed by atoms with Crippen molar-refractivity contribution in [3.8, 4) is 0 Å². The van der Waals surface area contributed by atoms with Gasteiger partial charge in [0.2, 0.25) is 0 Å². The Morgan fingerprint density at radius 2 is 1.84 bits per heavy atom. The number of nitrogens with one attached hydrogen (secondary N) is 1. The molecule has 0 aromatic heterocycles. The number of thioether (sulfide) groups is 1. The average Bonchev–Trinajstić information content (AvgIpc) is 2.82. The van der Waals surface area contributed by atoms with Crippen LogP contribution in [0.3, 0.4) is 0 Å². The van der Waals surface area contributed by atoms with E-state index >= 15 is 0 Å². The van der Waals surface area contributed by atoms with Crippen molar-refractivity contribution in [1.82, 2.24) is 0 Å². The molecule has 2 nitrogen and oxygen atoms in total. The Bertz CT molecular complexity index is 1160. The van der Waals surface area contributed by atoms with E-state index in [-0.39, 0.29) is 0 Å². The molecule has 2 aliphatic rings. The van der Waals surface area contributed by atoms with Gasteiger partial charge in [-0.05, 0) is 47.7 Å². The number of unbranched alkanes of at least 4 members (excludes halogenated alkanes) is 1. The molecule has 3 aromatic carbocycles. The van der Waals surface area contributed by atoms with Gasteiger partial charge >= 0.3 is 0 Å². The number of allylic oxidation sites excluding steroid dienone is 2. The van der Waals surface area contributed by atoms with Crippen molar-refractivity contribution in [3.63, 3.8) is 0 Å². The SMILES string of the molecule is CCCCN1CC/C(=C\C=C2/CCNc3ccc4ccccc4c3SC2)c2ccccc21. The first kappa shape index (κ1) is 21.2. The van der Waals surface area contributed by atoms with Crippen LogP contribution in [0.4, 0.5) is 11.4 Å². The first-order valence-electron chi connectivity index (χ1n) is 11.9. The molecule has 0 bridgehead atoms. The summed E-state index contributed by atoms with van der Waals surface area (Å²) >= 11 is 1.97. The minimum Gasteiger partial charge on any atom is -0.384 e. The molecule has 0 spiro atoms. The maximum atomic E-state index is 3.68. The van der Waals surface area contributed by atoms with Crippen molar-refractivity contribution in [3.05, 3.63) is 84.0 Å². The van der Waals surface area contributed by atoms with E-state index in [2.05, 4.69) is 90.0 Å². The molecule has 2 heterocycles. The standard InChI is InChI=1S/C29H32N2S/c1-2-3-19-31-20-17-24(25-9-6-7-11-28(25)31)13-12-22-16-18-30-27-15-14-23-8-4-5-10-26(23)29(27)32-21-22/h4-15,30H,2-3,16-21H2,1H3/b22-12+,24-13+. The van der Waals surface area contributed by atoms with E-state index in [4.69, 9.17) is 0 Å². The van der Waals surface area contributed by atoms with Crippen LogP contribution < -0.4 is 10.2 Å². The molecule has 0 amide bonds. The number of benzene rings is 3. The topological polar surface area (TPSA) is 15.3 Å². The predicted molar refractivity (Wildman–Crippen MR) is 142 cm³/mol. The van der Waals surface area contributed by atoms with Crippen LogP contribution in [0.5, 0.6) is 0 Å². The Hall–Kier alpha value is -2.65. The van der Waals surface area contributed by atoms with Gasteiger partial charge in [0.05, 0.1) is 0 Å². The lowest BCUT2D eigenvalue weighted by atomic mass is 9.94. The highest BCUT2D eigenvalue weighted by Gasteiger charge is 2.19. The van der Waals surface area contributed by atoms with E-state index < -0.39 is 0 Å². The predicted octanol–water partition coefficient (Wildman–Crippen LogP) is 7.77. The first-order valence-corrected chi connectivity index (χ1v) is 12.9. The fourth-order valence-electron chi connectivity index (χ4n) is 4.77. The van der Waals surface area contributed by atoms with Crippen molar-refractivity contribution in [1.29, 1.82) is 0 Å². The zero-order valence-corrected chi connectivity index (χ0v) is 19.8. The highest BCUT2D eigenvalue weighted by atomic mass is 32.2. The lowest BCUT2D eigenvalue weighted by Gasteiger charge is -2.32. The van der Waals surface area contributed by atoms with Crippen LogP contribution in [-0.2, 0) is 0 Å². The summed E-state index contributed by atoms with van der Waals surface area (Å²) in [5, 5.41) is 6.35. The Morgan fingerprint density at radius 3 is 2.78 bits per heavy atom. The lowest BCUT2D eigenvalue weighted by molar-refractivity contribution is 0.710. The molecule has 2 aliphatic heterocycles. The van der Waals surface area contributed by atoms with Crippen molar-refractivity contribution in [2.24, 2.45) is 0 Å². The van der Waals surface area contributed by atoms with E-state index in [1.807, 2.05) is 11.8 Å². The molecule has 5 rings (SSSR count). The second kappa shape index (κ2) is 9.87. The molecular weight excluding hydrogens is 408 g/mol. The number of rotatable bonds is 4. The fraction of sp³-hybridized carbons (Fsp3) is 0.310. The highest BCUT2D eigenvalue weighted by Crippen LogP contribution is 2.38. The third-order valence-corrected chi connectivity index (χ3v) is 7.83. The molecule has 0 radical (unpaired) electrons. The summed E-state index contributed by atoms with van der Waals surface area (Å²) < 4.78 is 0. The van der Waals surface area contributed by atoms with Crippen LogP contribution in [0, 0.1) is 0 Å². The zero-order valence-electron chi connectivity index (χ0n) is 18.9. The number of anilines is 2. The Morgan fingerprint density at radius 1 is 0.969 bits per heavy atom. The van der Waals surface area contributed by atoms with Gasteiger partial charge in [0.15, 0.2) is 0 Å². The van der Waals surface area contributed by atoms with Crippen molar-refractivity contribution in [2.45, 2.75) is 37.5 Å². The highest BCUT2D eigenvalue weighted by molar-refractivity contribution is 7.99. The summed E-state index contributed by atoms with van der Waals surface area (Å²) in [6, 6.07) is 22.2. The van der Waals surface area contributed by atoms with Crippen LogP contribution in [0.2, 0.25) is 0 Å². The molecule has 0 aliphatic carbocycles. The summed E-state index contributed by atoms with van der Waals surface area (Å²) in [4.78, 5) is 3.96. The van der Waals surface area contributed by atoms with Crippen molar-refractivity contribution in [2.75, 3.05) is 35.6 Å². The van der Waals surface area contributed by atoms with Crippen molar-refractivity contribution < 1.29 is 0 Å². The molecule has 0 saturated heterocycles. The molecule has 164 valence electrons. The van der Waals surface area contributed by atoms with E-state index in [9.17, 15) is 0 Å². The van der Waals surface area contributed by atoms with Crippen LogP contribution in [0.25, 0.3) is 16.3 Å². The van der Waals surface area contributed by atoms with Gasteiger partial charge in [-0.15, -0.1) is 11.8 Å². The summed E-state index contributed by atoms with van der Waals surface area (Å²) in [5.41, 5.74) is 7.09. The maximum Gasteiger partial charge on any atom is 0.0485 e. The van der Waals surface area contributed by atoms with E-state index in [0.29, 0.717) is 0 Å². The van der Waals surface area contributed by atoms with Crippen LogP contribution in [0.15, 0.2) is 83.3 Å². The zero-order chi connectivity index (χ0) is 21.8. The second-order valence-corrected chi connectivity index (χ2v) is 9.74. The number of para-hydroxylation sites is 1. The molecule has 1 N–H and O–H groups in total. The molecule has 0 unspecified atom stereocenters. The van der Waals surface area contributed by atoms with E-state index in [1.165, 1.54) is 56.6 Å². The molecule has 0 fully saturated rings. The second-order valence-electron chi connectivity index (χ2n) is 8.75. The third kappa shape index (κ3) is 4.45. The number of fused-ring (bicyclic) bond motifs is 4. The normalized spacial score (nSPS) is 18.7. The Kier molecular flexibility index (Phi) is 6.54. The van der Waals surface area contributed by atoms with Gasteiger partial charge in [-0.3, -0.25) is 0 Å². The minimum atomic E-state index is 0.988. The largest absolute Gasteiger partial charge is 0.384 e. The monoisotopic (exact) mass is 440 g/mol. The number of hydrogen-bond acceptors (Lipinski definition) is 3. The van der Waals surface area contributed by atoms with Gasteiger partial charge in [-0.25, -0.2) is 0 Å². The lowest BCUT2D eigenvalue weighted by Crippen LogP contribution is -2.29. The maximum absolute atomic E-state index is 3.68. The molecule has 3 heteroatoms. The first-order chi connectivity index (χ1) is 15.8. The molecule has 0 saturated carbocycles. The number of nitrogens with zero attached hydrogens (tertiary/aromatic N) is 1. The van der Waals surface area contributed by atoms with Gasteiger partial charge in [-0.2, -0.15) is 0 Å². The molecule has 3 aromatic rings. The van der Waals surface area contributed by atoms with Crippen LogP contribution in [-0.4, -0.2) is 25.4 Å². The summed E-state index contributed by atoms with van der Waals surface area (Å²) in [6.07, 6.45) is 9.53. The summed E-state index contributed by atoms with van der Waals surface area (Å²) in [7, 11) is 0. The third-order valence-electron chi connectivity index (χ3n) is 6.59. The molecule has 0 atom stereocenters.